The van der Waals surface area contributed by atoms with Crippen LogP contribution in [0.15, 0.2) is 59.0 Å². The number of para-hydroxylation sites is 1. The monoisotopic (exact) mass is 434 g/mol. The van der Waals surface area contributed by atoms with Gasteiger partial charge in [0.25, 0.3) is 0 Å². The molecule has 31 heavy (non-hydrogen) atoms. The summed E-state index contributed by atoms with van der Waals surface area (Å²) < 4.78 is 11.8. The van der Waals surface area contributed by atoms with Crippen LogP contribution < -0.4 is 9.47 Å². The predicted molar refractivity (Wildman–Crippen MR) is 122 cm³/mol. The zero-order valence-electron chi connectivity index (χ0n) is 17.5. The summed E-state index contributed by atoms with van der Waals surface area (Å²) in [5.41, 5.74) is 3.77. The lowest BCUT2D eigenvalue weighted by Gasteiger charge is -2.09. The Bertz CT molecular complexity index is 1250. The summed E-state index contributed by atoms with van der Waals surface area (Å²) in [4.78, 5) is 9.88. The van der Waals surface area contributed by atoms with Gasteiger partial charge >= 0.3 is 0 Å². The number of phenols is 1. The van der Waals surface area contributed by atoms with Crippen LogP contribution in [0.5, 0.6) is 17.2 Å². The number of fused-ring (bicyclic) bond motifs is 1. The molecule has 0 atom stereocenters. The molecule has 0 aliphatic heterocycles. The molecule has 1 N–H and O–H groups in total. The summed E-state index contributed by atoms with van der Waals surface area (Å²) in [7, 11) is 1.51. The highest BCUT2D eigenvalue weighted by Crippen LogP contribution is 2.43. The molecule has 0 aliphatic carbocycles. The highest BCUT2D eigenvalue weighted by atomic mass is 32.1. The molecule has 4 rings (SSSR count). The van der Waals surface area contributed by atoms with Gasteiger partial charge in [-0.15, -0.1) is 16.5 Å². The number of rotatable bonds is 7. The lowest BCUT2D eigenvalue weighted by Crippen LogP contribution is -1.93. The van der Waals surface area contributed by atoms with E-state index in [-0.39, 0.29) is 5.75 Å². The molecule has 0 saturated heterocycles. The van der Waals surface area contributed by atoms with Crippen LogP contribution in [0.2, 0.25) is 0 Å². The molecule has 2 aromatic heterocycles. The number of phenolic OH excluding ortho intramolecular Hbond substituents is 1. The van der Waals surface area contributed by atoms with Crippen molar-refractivity contribution >= 4 is 27.4 Å². The lowest BCUT2D eigenvalue weighted by molar-refractivity contribution is 0.341. The normalized spacial score (nSPS) is 11.3. The van der Waals surface area contributed by atoms with Gasteiger partial charge in [0, 0.05) is 10.4 Å². The molecule has 0 unspecified atom stereocenters. The van der Waals surface area contributed by atoms with E-state index in [4.69, 9.17) is 9.47 Å². The van der Waals surface area contributed by atoms with Crippen molar-refractivity contribution in [2.24, 2.45) is 10.2 Å². The van der Waals surface area contributed by atoms with E-state index in [1.807, 2.05) is 44.2 Å². The lowest BCUT2D eigenvalue weighted by atomic mass is 10.1. The number of aryl methyl sites for hydroxylation is 1. The Balaban J connectivity index is 1.67. The minimum Gasteiger partial charge on any atom is -0.504 e. The maximum atomic E-state index is 9.92. The van der Waals surface area contributed by atoms with Crippen LogP contribution in [0, 0.1) is 6.92 Å². The first-order valence-corrected chi connectivity index (χ1v) is 10.6. The second-order valence-electron chi connectivity index (χ2n) is 6.77. The third-order valence-electron chi connectivity index (χ3n) is 4.78. The smallest absolute Gasteiger partial charge is 0.195 e. The molecular weight excluding hydrogens is 412 g/mol. The molecule has 7 nitrogen and oxygen atoms in total. The van der Waals surface area contributed by atoms with E-state index in [1.54, 1.807) is 23.5 Å². The number of ether oxygens (including phenoxy) is 2. The van der Waals surface area contributed by atoms with E-state index in [9.17, 15) is 5.11 Å². The van der Waals surface area contributed by atoms with Crippen LogP contribution >= 0.6 is 11.3 Å². The summed E-state index contributed by atoms with van der Waals surface area (Å²) in [5, 5.41) is 18.6. The van der Waals surface area contributed by atoms with E-state index in [1.165, 1.54) is 13.4 Å². The van der Waals surface area contributed by atoms with Gasteiger partial charge in [-0.25, -0.2) is 9.97 Å². The fourth-order valence-corrected chi connectivity index (χ4v) is 4.51. The maximum absolute atomic E-state index is 9.92. The van der Waals surface area contributed by atoms with Crippen molar-refractivity contribution in [1.82, 2.24) is 9.97 Å². The molecule has 0 bridgehead atoms. The van der Waals surface area contributed by atoms with Gasteiger partial charge in [-0.1, -0.05) is 18.2 Å². The molecule has 2 aromatic carbocycles. The van der Waals surface area contributed by atoms with Crippen molar-refractivity contribution in [3.05, 3.63) is 59.9 Å². The fourth-order valence-electron chi connectivity index (χ4n) is 3.29. The van der Waals surface area contributed by atoms with Gasteiger partial charge < -0.3 is 14.6 Å². The van der Waals surface area contributed by atoms with E-state index in [0.717, 1.165) is 37.5 Å². The molecule has 4 aromatic rings. The number of azo groups is 1. The van der Waals surface area contributed by atoms with Gasteiger partial charge in [0.2, 0.25) is 0 Å². The van der Waals surface area contributed by atoms with E-state index >= 15 is 0 Å². The summed E-state index contributed by atoms with van der Waals surface area (Å²) >= 11 is 1.58. The molecule has 2 heterocycles. The van der Waals surface area contributed by atoms with Crippen molar-refractivity contribution in [1.29, 1.82) is 0 Å². The average Bonchev–Trinajstić information content (AvgIpc) is 3.12. The summed E-state index contributed by atoms with van der Waals surface area (Å²) in [6, 6.07) is 13.1. The van der Waals surface area contributed by atoms with Gasteiger partial charge in [0.1, 0.15) is 16.8 Å². The number of methoxy groups -OCH3 is 1. The summed E-state index contributed by atoms with van der Waals surface area (Å²) in [6.07, 6.45) is 1.51. The molecule has 0 fully saturated rings. The first kappa shape index (κ1) is 20.7. The zero-order valence-corrected chi connectivity index (χ0v) is 18.3. The van der Waals surface area contributed by atoms with Crippen molar-refractivity contribution in [3.8, 4) is 27.7 Å². The number of hydrogen-bond donors (Lipinski definition) is 1. The predicted octanol–water partition coefficient (Wildman–Crippen LogP) is 6.06. The van der Waals surface area contributed by atoms with Crippen LogP contribution in [0.4, 0.5) is 5.82 Å². The molecule has 0 spiro atoms. The Kier molecular flexibility index (Phi) is 6.08. The maximum Gasteiger partial charge on any atom is 0.195 e. The number of hydrogen-bond acceptors (Lipinski definition) is 8. The summed E-state index contributed by atoms with van der Waals surface area (Å²) in [6.45, 7) is 4.93. The van der Waals surface area contributed by atoms with Crippen molar-refractivity contribution < 1.29 is 14.6 Å². The van der Waals surface area contributed by atoms with Crippen LogP contribution in [-0.4, -0.2) is 28.8 Å². The largest absolute Gasteiger partial charge is 0.504 e. The quantitative estimate of drug-likeness (QED) is 0.357. The van der Waals surface area contributed by atoms with Gasteiger partial charge in [0.05, 0.1) is 25.8 Å². The van der Waals surface area contributed by atoms with Gasteiger partial charge in [0.15, 0.2) is 17.3 Å². The van der Waals surface area contributed by atoms with Gasteiger partial charge in [-0.05, 0) is 49.2 Å². The minimum atomic E-state index is 0.0751. The number of aromatic nitrogens is 2. The third kappa shape index (κ3) is 4.20. The number of thiophene rings is 1. The molecular formula is C23H22N4O3S. The summed E-state index contributed by atoms with van der Waals surface area (Å²) in [5.74, 6) is 1.87. The molecule has 158 valence electrons. The standard InChI is InChI=1S/C23H22N4O3S/c1-4-30-18-8-6-5-7-16(18)21-14(2)20-22(31-21)23(25-13-24-20)27-26-12-15-9-10-19(29-3)17(28)11-15/h5-11,13,28H,4,12H2,1-3H3. The molecule has 0 radical (unpaired) electrons. The van der Waals surface area contributed by atoms with Gasteiger partial charge in [-0.2, -0.15) is 5.11 Å². The zero-order chi connectivity index (χ0) is 21.8. The van der Waals surface area contributed by atoms with Crippen LogP contribution in [0.3, 0.4) is 0 Å². The second-order valence-corrected chi connectivity index (χ2v) is 7.79. The first-order chi connectivity index (χ1) is 15.1. The Labute approximate surface area is 184 Å². The Morgan fingerprint density at radius 2 is 1.94 bits per heavy atom. The Morgan fingerprint density at radius 1 is 1.10 bits per heavy atom. The Hall–Kier alpha value is -3.52. The van der Waals surface area contributed by atoms with Crippen molar-refractivity contribution in [2.75, 3.05) is 13.7 Å². The molecule has 8 heteroatoms. The molecule has 0 aliphatic rings. The molecule has 0 saturated carbocycles. The van der Waals surface area contributed by atoms with Crippen LogP contribution in [-0.2, 0) is 6.54 Å². The average molecular weight is 435 g/mol. The number of benzene rings is 2. The highest BCUT2D eigenvalue weighted by Gasteiger charge is 2.17. The van der Waals surface area contributed by atoms with Crippen molar-refractivity contribution in [2.45, 2.75) is 20.4 Å². The molecule has 0 amide bonds. The van der Waals surface area contributed by atoms with E-state index in [0.29, 0.717) is 24.7 Å². The van der Waals surface area contributed by atoms with E-state index in [2.05, 4.69) is 20.2 Å². The third-order valence-corrected chi connectivity index (χ3v) is 6.09. The van der Waals surface area contributed by atoms with Crippen molar-refractivity contribution in [3.63, 3.8) is 0 Å². The Morgan fingerprint density at radius 3 is 2.71 bits per heavy atom. The second kappa shape index (κ2) is 9.09. The minimum absolute atomic E-state index is 0.0751. The van der Waals surface area contributed by atoms with Crippen LogP contribution in [0.1, 0.15) is 18.1 Å². The number of aromatic hydroxyl groups is 1. The van der Waals surface area contributed by atoms with Gasteiger partial charge in [-0.3, -0.25) is 0 Å². The topological polar surface area (TPSA) is 89.2 Å². The first-order valence-electron chi connectivity index (χ1n) is 9.82. The SMILES string of the molecule is CCOc1ccccc1-c1sc2c(N=NCc3ccc(OC)c(O)c3)ncnc2c1C. The number of nitrogens with zero attached hydrogens (tertiary/aromatic N) is 4. The fraction of sp³-hybridized carbons (Fsp3) is 0.217. The van der Waals surface area contributed by atoms with Crippen LogP contribution in [0.25, 0.3) is 20.7 Å². The highest BCUT2D eigenvalue weighted by molar-refractivity contribution is 7.23. The van der Waals surface area contributed by atoms with E-state index < -0.39 is 0 Å².